The second-order valence-electron chi connectivity index (χ2n) is 7.30. The van der Waals surface area contributed by atoms with Crippen LogP contribution in [0.1, 0.15) is 48.0 Å². The van der Waals surface area contributed by atoms with E-state index in [0.29, 0.717) is 24.2 Å². The van der Waals surface area contributed by atoms with Gasteiger partial charge in [-0.25, -0.2) is 8.42 Å². The number of piperidine rings is 1. The molecule has 1 atom stereocenters. The first-order chi connectivity index (χ1) is 12.4. The number of nitrogens with one attached hydrogen (secondary N) is 1. The van der Waals surface area contributed by atoms with Crippen molar-refractivity contribution in [3.05, 3.63) is 29.3 Å². The zero-order valence-electron chi connectivity index (χ0n) is 15.7. The van der Waals surface area contributed by atoms with Gasteiger partial charge < -0.3 is 10.2 Å². The van der Waals surface area contributed by atoms with E-state index in [0.717, 1.165) is 45.2 Å². The van der Waals surface area contributed by atoms with Crippen LogP contribution in [0, 0.1) is 6.92 Å². The second kappa shape index (κ2) is 8.06. The van der Waals surface area contributed by atoms with Gasteiger partial charge in [0.1, 0.15) is 0 Å². The first-order valence-electron chi connectivity index (χ1n) is 9.51. The Hall–Kier alpha value is -1.44. The number of likely N-dealkylation sites (tertiary alicyclic amines) is 1. The molecule has 26 heavy (non-hydrogen) atoms. The van der Waals surface area contributed by atoms with E-state index in [1.54, 1.807) is 29.4 Å². The standard InChI is InChI=1S/C19H29N3O3S/c1-15-8-9-16(19(23)22-12-6-7-17(22)14-20-2)13-18(15)26(24,25)21-10-4-3-5-11-21/h8-9,13,17,20H,3-7,10-12,14H2,1-2H3. The van der Waals surface area contributed by atoms with Crippen molar-refractivity contribution in [2.45, 2.75) is 50.0 Å². The van der Waals surface area contributed by atoms with Crippen LogP contribution in [0.5, 0.6) is 0 Å². The molecule has 1 aromatic rings. The molecule has 0 spiro atoms. The number of carbonyl (C=O) groups excluding carboxylic acids is 1. The van der Waals surface area contributed by atoms with Crippen molar-refractivity contribution >= 4 is 15.9 Å². The van der Waals surface area contributed by atoms with Gasteiger partial charge in [-0.2, -0.15) is 4.31 Å². The van der Waals surface area contributed by atoms with E-state index in [1.807, 2.05) is 11.9 Å². The quantitative estimate of drug-likeness (QED) is 0.849. The molecule has 0 radical (unpaired) electrons. The fraction of sp³-hybridized carbons (Fsp3) is 0.632. The van der Waals surface area contributed by atoms with E-state index >= 15 is 0 Å². The Morgan fingerprint density at radius 3 is 2.58 bits per heavy atom. The van der Waals surface area contributed by atoms with E-state index in [4.69, 9.17) is 0 Å². The van der Waals surface area contributed by atoms with E-state index < -0.39 is 10.0 Å². The summed E-state index contributed by atoms with van der Waals surface area (Å²) in [7, 11) is -1.66. The molecule has 2 aliphatic heterocycles. The van der Waals surface area contributed by atoms with Gasteiger partial charge in [-0.3, -0.25) is 4.79 Å². The van der Waals surface area contributed by atoms with Crippen molar-refractivity contribution in [1.29, 1.82) is 0 Å². The largest absolute Gasteiger partial charge is 0.334 e. The lowest BCUT2D eigenvalue weighted by atomic mass is 10.1. The maximum Gasteiger partial charge on any atom is 0.254 e. The molecule has 1 amide bonds. The third kappa shape index (κ3) is 3.80. The highest BCUT2D eigenvalue weighted by molar-refractivity contribution is 7.89. The average Bonchev–Trinajstić information content (AvgIpc) is 3.11. The van der Waals surface area contributed by atoms with Gasteiger partial charge in [0.25, 0.3) is 5.91 Å². The zero-order chi connectivity index (χ0) is 18.7. The number of carbonyl (C=O) groups is 1. The molecule has 2 fully saturated rings. The molecule has 0 aromatic heterocycles. The third-order valence-corrected chi connectivity index (χ3v) is 7.49. The van der Waals surface area contributed by atoms with Crippen LogP contribution in [0.15, 0.2) is 23.1 Å². The molecule has 6 nitrogen and oxygen atoms in total. The minimum absolute atomic E-state index is 0.0714. The lowest BCUT2D eigenvalue weighted by molar-refractivity contribution is 0.0737. The zero-order valence-corrected chi connectivity index (χ0v) is 16.5. The van der Waals surface area contributed by atoms with E-state index in [-0.39, 0.29) is 16.8 Å². The lowest BCUT2D eigenvalue weighted by Gasteiger charge is -2.27. The molecule has 1 aromatic carbocycles. The van der Waals surface area contributed by atoms with E-state index in [1.165, 1.54) is 0 Å². The molecule has 2 heterocycles. The summed E-state index contributed by atoms with van der Waals surface area (Å²) in [5.74, 6) is -0.0714. The van der Waals surface area contributed by atoms with Crippen molar-refractivity contribution < 1.29 is 13.2 Å². The molecule has 0 saturated carbocycles. The highest BCUT2D eigenvalue weighted by atomic mass is 32.2. The van der Waals surface area contributed by atoms with Gasteiger partial charge in [0.05, 0.1) is 4.90 Å². The third-order valence-electron chi connectivity index (χ3n) is 5.45. The van der Waals surface area contributed by atoms with Crippen molar-refractivity contribution in [2.24, 2.45) is 0 Å². The number of likely N-dealkylation sites (N-methyl/N-ethyl adjacent to an activating group) is 1. The fourth-order valence-electron chi connectivity index (χ4n) is 3.97. The van der Waals surface area contributed by atoms with Crippen LogP contribution in [0.3, 0.4) is 0 Å². The van der Waals surface area contributed by atoms with Crippen molar-refractivity contribution in [1.82, 2.24) is 14.5 Å². The predicted molar refractivity (Wildman–Crippen MR) is 102 cm³/mol. The number of rotatable bonds is 5. The topological polar surface area (TPSA) is 69.7 Å². The highest BCUT2D eigenvalue weighted by Crippen LogP contribution is 2.26. The summed E-state index contributed by atoms with van der Waals surface area (Å²) < 4.78 is 27.7. The average molecular weight is 380 g/mol. The number of sulfonamides is 1. The Labute approximate surface area is 156 Å². The minimum Gasteiger partial charge on any atom is -0.334 e. The van der Waals surface area contributed by atoms with Gasteiger partial charge in [0, 0.05) is 37.8 Å². The fourth-order valence-corrected chi connectivity index (χ4v) is 5.74. The van der Waals surface area contributed by atoms with Crippen LogP contribution in [-0.2, 0) is 10.0 Å². The molecular weight excluding hydrogens is 350 g/mol. The van der Waals surface area contributed by atoms with Gasteiger partial charge in [0.15, 0.2) is 0 Å². The highest BCUT2D eigenvalue weighted by Gasteiger charge is 2.31. The molecule has 1 N–H and O–H groups in total. The SMILES string of the molecule is CNCC1CCCN1C(=O)c1ccc(C)c(S(=O)(=O)N2CCCCC2)c1. The number of hydrogen-bond acceptors (Lipinski definition) is 4. The van der Waals surface area contributed by atoms with Crippen molar-refractivity contribution in [3.8, 4) is 0 Å². The number of amides is 1. The Morgan fingerprint density at radius 2 is 1.88 bits per heavy atom. The summed E-state index contributed by atoms with van der Waals surface area (Å²) in [4.78, 5) is 15.1. The van der Waals surface area contributed by atoms with E-state index in [9.17, 15) is 13.2 Å². The Kier molecular flexibility index (Phi) is 5.99. The molecule has 2 saturated heterocycles. The molecule has 1 unspecified atom stereocenters. The van der Waals surface area contributed by atoms with Crippen molar-refractivity contribution in [3.63, 3.8) is 0 Å². The summed E-state index contributed by atoms with van der Waals surface area (Å²) >= 11 is 0. The summed E-state index contributed by atoms with van der Waals surface area (Å²) in [6.07, 6.45) is 4.85. The molecule has 0 aliphatic carbocycles. The number of nitrogens with zero attached hydrogens (tertiary/aromatic N) is 2. The maximum absolute atomic E-state index is 13.1. The Bertz CT molecular complexity index is 757. The first kappa shape index (κ1) is 19.3. The van der Waals surface area contributed by atoms with Crippen LogP contribution in [0.25, 0.3) is 0 Å². The van der Waals surface area contributed by atoms with Crippen LogP contribution in [0.2, 0.25) is 0 Å². The molecule has 0 bridgehead atoms. The monoisotopic (exact) mass is 379 g/mol. The van der Waals surface area contributed by atoms with Gasteiger partial charge in [-0.15, -0.1) is 0 Å². The summed E-state index contributed by atoms with van der Waals surface area (Å²) in [6.45, 7) is 4.42. The summed E-state index contributed by atoms with van der Waals surface area (Å²) in [5.41, 5.74) is 1.16. The maximum atomic E-state index is 13.1. The Morgan fingerprint density at radius 1 is 1.15 bits per heavy atom. The van der Waals surface area contributed by atoms with Crippen LogP contribution >= 0.6 is 0 Å². The van der Waals surface area contributed by atoms with Gasteiger partial charge in [0.2, 0.25) is 10.0 Å². The number of benzene rings is 1. The summed E-state index contributed by atoms with van der Waals surface area (Å²) in [5, 5.41) is 3.14. The Balaban J connectivity index is 1.89. The van der Waals surface area contributed by atoms with Crippen LogP contribution in [0.4, 0.5) is 0 Å². The van der Waals surface area contributed by atoms with E-state index in [2.05, 4.69) is 5.32 Å². The molecule has 7 heteroatoms. The second-order valence-corrected chi connectivity index (χ2v) is 9.20. The van der Waals surface area contributed by atoms with Crippen LogP contribution < -0.4 is 5.32 Å². The van der Waals surface area contributed by atoms with Crippen molar-refractivity contribution in [2.75, 3.05) is 33.2 Å². The van der Waals surface area contributed by atoms with Gasteiger partial charge in [-0.05, 0) is 57.4 Å². The van der Waals surface area contributed by atoms with Gasteiger partial charge >= 0.3 is 0 Å². The number of hydrogen-bond donors (Lipinski definition) is 1. The molecule has 144 valence electrons. The molecular formula is C19H29N3O3S. The minimum atomic E-state index is -3.55. The summed E-state index contributed by atoms with van der Waals surface area (Å²) in [6, 6.07) is 5.27. The molecule has 3 rings (SSSR count). The van der Waals surface area contributed by atoms with Crippen LogP contribution in [-0.4, -0.2) is 62.8 Å². The predicted octanol–water partition coefficient (Wildman–Crippen LogP) is 1.99. The number of aryl methyl sites for hydroxylation is 1. The molecule has 2 aliphatic rings. The normalized spacial score (nSPS) is 21.9. The first-order valence-corrected chi connectivity index (χ1v) is 11.0. The smallest absolute Gasteiger partial charge is 0.254 e. The lowest BCUT2D eigenvalue weighted by Crippen LogP contribution is -2.41. The van der Waals surface area contributed by atoms with Gasteiger partial charge in [-0.1, -0.05) is 12.5 Å².